The number of methoxy groups -OCH3 is 1. The number of benzene rings is 1. The average Bonchev–Trinajstić information content (AvgIpc) is 3.03. The summed E-state index contributed by atoms with van der Waals surface area (Å²) in [6.07, 6.45) is -4.08. The summed E-state index contributed by atoms with van der Waals surface area (Å²) in [6.45, 7) is 7.74. The fourth-order valence-electron chi connectivity index (χ4n) is 3.02. The minimum Gasteiger partial charge on any atom is -0.467 e. The summed E-state index contributed by atoms with van der Waals surface area (Å²) in [6, 6.07) is 3.47. The molecule has 1 heterocycles. The van der Waals surface area contributed by atoms with Crippen LogP contribution >= 0.6 is 0 Å². The van der Waals surface area contributed by atoms with Crippen molar-refractivity contribution < 1.29 is 47.7 Å². The molecule has 1 aliphatic heterocycles. The first-order chi connectivity index (χ1) is 15.7. The average molecular weight is 484 g/mol. The van der Waals surface area contributed by atoms with E-state index in [1.54, 1.807) is 34.6 Å². The van der Waals surface area contributed by atoms with Gasteiger partial charge in [-0.1, -0.05) is 0 Å². The van der Waals surface area contributed by atoms with Crippen LogP contribution in [0.15, 0.2) is 24.3 Å². The fourth-order valence-corrected chi connectivity index (χ4v) is 3.02. The van der Waals surface area contributed by atoms with Crippen molar-refractivity contribution in [2.45, 2.75) is 64.3 Å². The van der Waals surface area contributed by atoms with Crippen LogP contribution in [-0.2, 0) is 28.5 Å². The highest BCUT2D eigenvalue weighted by atomic mass is 16.8. The predicted molar refractivity (Wildman–Crippen MR) is 114 cm³/mol. The summed E-state index contributed by atoms with van der Waals surface area (Å²) in [5.41, 5.74) is -0.991. The number of carbonyl (C=O) groups excluding carboxylic acids is 3. The van der Waals surface area contributed by atoms with E-state index in [9.17, 15) is 24.5 Å². The highest BCUT2D eigenvalue weighted by molar-refractivity contribution is 5.82. The van der Waals surface area contributed by atoms with Crippen LogP contribution in [0.5, 0.6) is 5.75 Å². The van der Waals surface area contributed by atoms with Gasteiger partial charge in [0.1, 0.15) is 30.2 Å². The van der Waals surface area contributed by atoms with Gasteiger partial charge in [-0.2, -0.15) is 0 Å². The summed E-state index contributed by atoms with van der Waals surface area (Å²) in [5, 5.41) is 13.1. The number of nitro groups is 1. The SMILES string of the molecule is COC(=O)[C@@H](NC(=O)OC(C)(C)C)[C@@H]1OC(C)(C)O[C@H]1COC(=O)Oc1ccc([N+](=O)[O-])cc1. The first kappa shape index (κ1) is 26.8. The molecule has 0 spiro atoms. The Balaban J connectivity index is 2.07. The van der Waals surface area contributed by atoms with E-state index in [-0.39, 0.29) is 11.4 Å². The molecule has 0 aromatic heterocycles. The van der Waals surface area contributed by atoms with Crippen molar-refractivity contribution in [1.29, 1.82) is 0 Å². The molecule has 1 saturated heterocycles. The first-order valence-corrected chi connectivity index (χ1v) is 10.2. The molecule has 1 aliphatic rings. The largest absolute Gasteiger partial charge is 0.513 e. The van der Waals surface area contributed by atoms with Crippen LogP contribution in [0.3, 0.4) is 0 Å². The van der Waals surface area contributed by atoms with Crippen LogP contribution in [-0.4, -0.2) is 66.5 Å². The molecule has 0 radical (unpaired) electrons. The maximum Gasteiger partial charge on any atom is 0.513 e. The number of hydrogen-bond donors (Lipinski definition) is 1. The Bertz CT molecular complexity index is 908. The zero-order valence-electron chi connectivity index (χ0n) is 19.7. The number of alkyl carbamates (subject to hydrolysis) is 1. The van der Waals surface area contributed by atoms with Crippen molar-refractivity contribution >= 4 is 23.9 Å². The zero-order valence-corrected chi connectivity index (χ0v) is 19.7. The van der Waals surface area contributed by atoms with Gasteiger partial charge in [-0.15, -0.1) is 0 Å². The first-order valence-electron chi connectivity index (χ1n) is 10.2. The molecule has 1 N–H and O–H groups in total. The van der Waals surface area contributed by atoms with Crippen LogP contribution in [0.1, 0.15) is 34.6 Å². The molecule has 34 heavy (non-hydrogen) atoms. The van der Waals surface area contributed by atoms with Crippen LogP contribution in [0.25, 0.3) is 0 Å². The summed E-state index contributed by atoms with van der Waals surface area (Å²) in [5.74, 6) is -1.98. The van der Waals surface area contributed by atoms with E-state index in [0.717, 1.165) is 7.11 Å². The molecule has 2 rings (SSSR count). The molecule has 1 fully saturated rings. The van der Waals surface area contributed by atoms with Crippen LogP contribution in [0, 0.1) is 10.1 Å². The van der Waals surface area contributed by atoms with Gasteiger partial charge in [-0.25, -0.2) is 14.4 Å². The normalized spacial score (nSPS) is 20.1. The van der Waals surface area contributed by atoms with Crippen molar-refractivity contribution in [1.82, 2.24) is 5.32 Å². The lowest BCUT2D eigenvalue weighted by Gasteiger charge is -2.27. The highest BCUT2D eigenvalue weighted by Gasteiger charge is 2.49. The third-order valence-electron chi connectivity index (χ3n) is 4.29. The number of rotatable bonds is 7. The molecule has 13 nitrogen and oxygen atoms in total. The van der Waals surface area contributed by atoms with E-state index in [1.165, 1.54) is 24.3 Å². The summed E-state index contributed by atoms with van der Waals surface area (Å²) in [4.78, 5) is 46.9. The lowest BCUT2D eigenvalue weighted by Crippen LogP contribution is -2.54. The quantitative estimate of drug-likeness (QED) is 0.199. The summed E-state index contributed by atoms with van der Waals surface area (Å²) in [7, 11) is 1.14. The second-order valence-corrected chi connectivity index (χ2v) is 8.70. The second kappa shape index (κ2) is 10.7. The maximum absolute atomic E-state index is 12.4. The molecule has 0 saturated carbocycles. The van der Waals surface area contributed by atoms with Gasteiger partial charge >= 0.3 is 18.2 Å². The number of nitrogens with zero attached hydrogens (tertiary/aromatic N) is 1. The lowest BCUT2D eigenvalue weighted by atomic mass is 10.1. The van der Waals surface area contributed by atoms with Gasteiger partial charge in [0.25, 0.3) is 5.69 Å². The van der Waals surface area contributed by atoms with E-state index < -0.39 is 59.4 Å². The number of ether oxygens (including phenoxy) is 6. The number of esters is 1. The molecule has 0 unspecified atom stereocenters. The lowest BCUT2D eigenvalue weighted by molar-refractivity contribution is -0.384. The van der Waals surface area contributed by atoms with Crippen molar-refractivity contribution in [3.8, 4) is 5.75 Å². The van der Waals surface area contributed by atoms with E-state index in [4.69, 9.17) is 28.4 Å². The topological polar surface area (TPSA) is 162 Å². The van der Waals surface area contributed by atoms with Crippen LogP contribution in [0.4, 0.5) is 15.3 Å². The van der Waals surface area contributed by atoms with E-state index in [1.807, 2.05) is 0 Å². The molecule has 188 valence electrons. The van der Waals surface area contributed by atoms with Crippen molar-refractivity contribution in [3.63, 3.8) is 0 Å². The molecule has 13 heteroatoms. The van der Waals surface area contributed by atoms with Gasteiger partial charge in [-0.3, -0.25) is 10.1 Å². The molecule has 3 atom stereocenters. The molecule has 0 bridgehead atoms. The smallest absolute Gasteiger partial charge is 0.467 e. The molecule has 1 aromatic carbocycles. The van der Waals surface area contributed by atoms with Crippen molar-refractivity contribution in [2.24, 2.45) is 0 Å². The van der Waals surface area contributed by atoms with E-state index in [0.29, 0.717) is 0 Å². The van der Waals surface area contributed by atoms with E-state index >= 15 is 0 Å². The number of carbonyl (C=O) groups is 3. The van der Waals surface area contributed by atoms with Gasteiger partial charge in [0.05, 0.1) is 12.0 Å². The Morgan fingerprint density at radius 2 is 1.79 bits per heavy atom. The fraction of sp³-hybridized carbons (Fsp3) is 0.571. The van der Waals surface area contributed by atoms with Gasteiger partial charge in [-0.05, 0) is 46.8 Å². The maximum atomic E-state index is 12.4. The number of hydrogen-bond acceptors (Lipinski definition) is 11. The number of amides is 1. The molecular weight excluding hydrogens is 456 g/mol. The van der Waals surface area contributed by atoms with Gasteiger partial charge in [0.2, 0.25) is 0 Å². The minimum atomic E-state index is -1.33. The number of nitrogens with one attached hydrogen (secondary N) is 1. The second-order valence-electron chi connectivity index (χ2n) is 8.70. The Kier molecular flexibility index (Phi) is 8.40. The van der Waals surface area contributed by atoms with Gasteiger partial charge < -0.3 is 33.7 Å². The monoisotopic (exact) mass is 484 g/mol. The Morgan fingerprint density at radius 3 is 2.32 bits per heavy atom. The van der Waals surface area contributed by atoms with Crippen molar-refractivity contribution in [3.05, 3.63) is 34.4 Å². The summed E-state index contributed by atoms with van der Waals surface area (Å²) < 4.78 is 31.5. The summed E-state index contributed by atoms with van der Waals surface area (Å²) >= 11 is 0. The molecule has 1 aromatic rings. The standard InChI is InChI=1S/C21H28N2O11/c1-20(2,3)34-18(25)22-15(17(24)29-6)16-14(32-21(4,5)33-16)11-30-19(26)31-13-9-7-12(8-10-13)23(27)28/h7-10,14-16H,11H2,1-6H3,(H,22,25)/t14-,15-,16+/m0/s1. The molecular formula is C21H28N2O11. The predicted octanol–water partition coefficient (Wildman–Crippen LogP) is 2.70. The molecule has 0 aliphatic carbocycles. The van der Waals surface area contributed by atoms with E-state index in [2.05, 4.69) is 5.32 Å². The third-order valence-corrected chi connectivity index (χ3v) is 4.29. The Labute approximate surface area is 195 Å². The van der Waals surface area contributed by atoms with Gasteiger partial charge in [0.15, 0.2) is 11.8 Å². The minimum absolute atomic E-state index is 0.0232. The van der Waals surface area contributed by atoms with Crippen LogP contribution < -0.4 is 10.1 Å². The third kappa shape index (κ3) is 7.85. The Hall–Kier alpha value is -3.45. The highest BCUT2D eigenvalue weighted by Crippen LogP contribution is 2.31. The zero-order chi connectivity index (χ0) is 25.7. The van der Waals surface area contributed by atoms with Crippen LogP contribution in [0.2, 0.25) is 0 Å². The van der Waals surface area contributed by atoms with Gasteiger partial charge in [0, 0.05) is 12.1 Å². The number of nitro benzene ring substituents is 1. The molecule has 1 amide bonds. The van der Waals surface area contributed by atoms with Crippen molar-refractivity contribution in [2.75, 3.05) is 13.7 Å². The number of non-ortho nitro benzene ring substituents is 1. The Morgan fingerprint density at radius 1 is 1.18 bits per heavy atom.